The fourth-order valence-electron chi connectivity index (χ4n) is 2.52. The molecular formula is C18H20N4O. The van der Waals surface area contributed by atoms with E-state index < -0.39 is 0 Å². The van der Waals surface area contributed by atoms with E-state index in [-0.39, 0.29) is 5.91 Å². The van der Waals surface area contributed by atoms with Crippen molar-refractivity contribution < 1.29 is 4.79 Å². The number of pyridine rings is 1. The molecule has 0 saturated heterocycles. The Labute approximate surface area is 135 Å². The summed E-state index contributed by atoms with van der Waals surface area (Å²) in [6.45, 7) is 0.758. The van der Waals surface area contributed by atoms with Crippen LogP contribution < -0.4 is 4.90 Å². The summed E-state index contributed by atoms with van der Waals surface area (Å²) < 4.78 is 0. The summed E-state index contributed by atoms with van der Waals surface area (Å²) in [5.41, 5.74) is 3.40. The molecule has 23 heavy (non-hydrogen) atoms. The van der Waals surface area contributed by atoms with Gasteiger partial charge in [0.05, 0.1) is 11.3 Å². The predicted octanol–water partition coefficient (Wildman–Crippen LogP) is 2.90. The van der Waals surface area contributed by atoms with Gasteiger partial charge in [0.25, 0.3) is 5.91 Å². The zero-order valence-electron chi connectivity index (χ0n) is 13.6. The first kappa shape index (κ1) is 15.2. The molecule has 118 valence electrons. The lowest BCUT2D eigenvalue weighted by Gasteiger charge is -2.17. The lowest BCUT2D eigenvalue weighted by Crippen LogP contribution is -2.26. The number of amides is 1. The number of carbonyl (C=O) groups excluding carboxylic acids is 1. The molecular weight excluding hydrogens is 288 g/mol. The van der Waals surface area contributed by atoms with Gasteiger partial charge in [0.15, 0.2) is 0 Å². The van der Waals surface area contributed by atoms with Crippen LogP contribution in [-0.2, 0) is 6.54 Å². The van der Waals surface area contributed by atoms with Crippen molar-refractivity contribution in [2.24, 2.45) is 0 Å². The molecule has 0 fully saturated rings. The maximum absolute atomic E-state index is 12.6. The minimum Gasteiger partial charge on any atom is -0.361 e. The van der Waals surface area contributed by atoms with Crippen molar-refractivity contribution in [3.63, 3.8) is 0 Å². The molecule has 0 atom stereocenters. The topological polar surface area (TPSA) is 52.2 Å². The first-order valence-electron chi connectivity index (χ1n) is 7.49. The van der Waals surface area contributed by atoms with E-state index in [4.69, 9.17) is 0 Å². The van der Waals surface area contributed by atoms with Crippen LogP contribution in [0.15, 0.2) is 48.8 Å². The Hall–Kier alpha value is -2.66. The fraction of sp³-hybridized carbons (Fsp3) is 0.222. The van der Waals surface area contributed by atoms with Gasteiger partial charge in [0.1, 0.15) is 0 Å². The van der Waals surface area contributed by atoms with Gasteiger partial charge in [0.2, 0.25) is 0 Å². The van der Waals surface area contributed by atoms with Crippen molar-refractivity contribution in [2.45, 2.75) is 6.54 Å². The molecule has 5 heteroatoms. The van der Waals surface area contributed by atoms with Crippen LogP contribution in [0.5, 0.6) is 0 Å². The van der Waals surface area contributed by atoms with Crippen molar-refractivity contribution in [2.75, 3.05) is 26.0 Å². The summed E-state index contributed by atoms with van der Waals surface area (Å²) in [7, 11) is 5.76. The molecule has 0 aliphatic heterocycles. The number of carbonyl (C=O) groups is 1. The van der Waals surface area contributed by atoms with Gasteiger partial charge in [-0.05, 0) is 49.8 Å². The second-order valence-electron chi connectivity index (χ2n) is 5.89. The summed E-state index contributed by atoms with van der Waals surface area (Å²) in [5.74, 6) is -0.0696. The molecule has 5 nitrogen and oxygen atoms in total. The van der Waals surface area contributed by atoms with Crippen molar-refractivity contribution in [3.05, 3.63) is 60.0 Å². The molecule has 3 rings (SSSR count). The Morgan fingerprint density at radius 2 is 1.96 bits per heavy atom. The Balaban J connectivity index is 1.80. The summed E-state index contributed by atoms with van der Waals surface area (Å²) in [5, 5.41) is 1.13. The van der Waals surface area contributed by atoms with Crippen LogP contribution in [0.2, 0.25) is 0 Å². The van der Waals surface area contributed by atoms with Crippen LogP contribution in [0.25, 0.3) is 10.9 Å². The second-order valence-corrected chi connectivity index (χ2v) is 5.89. The number of rotatable bonds is 4. The monoisotopic (exact) mass is 308 g/mol. The third-order valence-electron chi connectivity index (χ3n) is 3.78. The lowest BCUT2D eigenvalue weighted by molar-refractivity contribution is 0.0992. The molecule has 0 unspecified atom stereocenters. The highest BCUT2D eigenvalue weighted by Crippen LogP contribution is 2.21. The zero-order chi connectivity index (χ0) is 16.4. The van der Waals surface area contributed by atoms with Crippen LogP contribution in [-0.4, -0.2) is 41.9 Å². The quantitative estimate of drug-likeness (QED) is 0.806. The van der Waals surface area contributed by atoms with Gasteiger partial charge >= 0.3 is 0 Å². The molecule has 1 aromatic carbocycles. The van der Waals surface area contributed by atoms with Crippen LogP contribution in [0.1, 0.15) is 16.1 Å². The minimum atomic E-state index is -0.0696. The van der Waals surface area contributed by atoms with E-state index in [0.717, 1.165) is 28.8 Å². The number of aromatic amines is 1. The number of benzene rings is 1. The van der Waals surface area contributed by atoms with E-state index in [1.165, 1.54) is 0 Å². The molecule has 2 heterocycles. The van der Waals surface area contributed by atoms with Crippen molar-refractivity contribution in [3.8, 4) is 0 Å². The molecule has 0 spiro atoms. The normalized spacial score (nSPS) is 11.1. The summed E-state index contributed by atoms with van der Waals surface area (Å²) in [6, 6.07) is 11.7. The first-order chi connectivity index (χ1) is 11.0. The number of hydrogen-bond donors (Lipinski definition) is 1. The van der Waals surface area contributed by atoms with Crippen molar-refractivity contribution in [1.82, 2.24) is 14.9 Å². The summed E-state index contributed by atoms with van der Waals surface area (Å²) >= 11 is 0. The van der Waals surface area contributed by atoms with Crippen molar-refractivity contribution in [1.29, 1.82) is 0 Å². The maximum atomic E-state index is 12.6. The molecule has 0 bridgehead atoms. The number of nitrogens with one attached hydrogen (secondary N) is 1. The number of aromatic nitrogens is 2. The van der Waals surface area contributed by atoms with Gasteiger partial charge in [0, 0.05) is 37.2 Å². The van der Waals surface area contributed by atoms with Crippen LogP contribution in [0.4, 0.5) is 5.69 Å². The second kappa shape index (κ2) is 6.22. The molecule has 1 N–H and O–H groups in total. The average molecular weight is 308 g/mol. The molecule has 0 aliphatic carbocycles. The number of H-pyrrole nitrogens is 1. The van der Waals surface area contributed by atoms with E-state index >= 15 is 0 Å². The van der Waals surface area contributed by atoms with Crippen LogP contribution in [0.3, 0.4) is 0 Å². The van der Waals surface area contributed by atoms with Gasteiger partial charge in [-0.2, -0.15) is 0 Å². The predicted molar refractivity (Wildman–Crippen MR) is 92.7 cm³/mol. The van der Waals surface area contributed by atoms with E-state index in [9.17, 15) is 4.79 Å². The summed E-state index contributed by atoms with van der Waals surface area (Å²) in [6.07, 6.45) is 3.54. The number of anilines is 1. The summed E-state index contributed by atoms with van der Waals surface area (Å²) in [4.78, 5) is 23.8. The van der Waals surface area contributed by atoms with Crippen LogP contribution >= 0.6 is 0 Å². The lowest BCUT2D eigenvalue weighted by atomic mass is 10.2. The SMILES string of the molecule is CN(C)Cc1ccc(C(=O)N(C)c2ccc3cc[nH]c3c2)cn1. The minimum absolute atomic E-state index is 0.0696. The number of nitrogens with zero attached hydrogens (tertiary/aromatic N) is 3. The Bertz CT molecular complexity index is 820. The zero-order valence-corrected chi connectivity index (χ0v) is 13.6. The standard InChI is InChI=1S/C18H20N4O/c1-21(2)12-15-6-4-14(11-20-15)18(23)22(3)16-7-5-13-8-9-19-17(13)10-16/h4-11,19H,12H2,1-3H3. The molecule has 0 saturated carbocycles. The average Bonchev–Trinajstić information content (AvgIpc) is 3.01. The smallest absolute Gasteiger partial charge is 0.259 e. The number of hydrogen-bond acceptors (Lipinski definition) is 3. The van der Waals surface area contributed by atoms with E-state index in [0.29, 0.717) is 5.56 Å². The van der Waals surface area contributed by atoms with E-state index in [1.54, 1.807) is 18.1 Å². The molecule has 0 aliphatic rings. The van der Waals surface area contributed by atoms with Gasteiger partial charge in [-0.1, -0.05) is 6.07 Å². The first-order valence-corrected chi connectivity index (χ1v) is 7.49. The van der Waals surface area contributed by atoms with Crippen LogP contribution in [0, 0.1) is 0 Å². The van der Waals surface area contributed by atoms with Crippen molar-refractivity contribution >= 4 is 22.5 Å². The fourth-order valence-corrected chi connectivity index (χ4v) is 2.52. The van der Waals surface area contributed by atoms with E-state index in [1.807, 2.05) is 61.6 Å². The third-order valence-corrected chi connectivity index (χ3v) is 3.78. The largest absolute Gasteiger partial charge is 0.361 e. The van der Waals surface area contributed by atoms with E-state index in [2.05, 4.69) is 9.97 Å². The van der Waals surface area contributed by atoms with Gasteiger partial charge in [-0.15, -0.1) is 0 Å². The molecule has 0 radical (unpaired) electrons. The molecule has 3 aromatic rings. The van der Waals surface area contributed by atoms with Gasteiger partial charge < -0.3 is 14.8 Å². The Morgan fingerprint density at radius 1 is 1.13 bits per heavy atom. The third kappa shape index (κ3) is 3.24. The highest BCUT2D eigenvalue weighted by molar-refractivity contribution is 6.06. The molecule has 1 amide bonds. The van der Waals surface area contributed by atoms with Gasteiger partial charge in [-0.25, -0.2) is 0 Å². The highest BCUT2D eigenvalue weighted by Gasteiger charge is 2.14. The maximum Gasteiger partial charge on any atom is 0.259 e. The Kier molecular flexibility index (Phi) is 4.12. The molecule has 2 aromatic heterocycles. The van der Waals surface area contributed by atoms with Gasteiger partial charge in [-0.3, -0.25) is 9.78 Å². The number of fused-ring (bicyclic) bond motifs is 1. The Morgan fingerprint density at radius 3 is 2.65 bits per heavy atom. The highest BCUT2D eigenvalue weighted by atomic mass is 16.2.